The summed E-state index contributed by atoms with van der Waals surface area (Å²) in [6.45, 7) is 8.78. The number of nitrogens with one attached hydrogen (secondary N) is 2. The van der Waals surface area contributed by atoms with Gasteiger partial charge in [0.2, 0.25) is 0 Å². The summed E-state index contributed by atoms with van der Waals surface area (Å²) in [6.07, 6.45) is 1.94. The van der Waals surface area contributed by atoms with Gasteiger partial charge in [-0.15, -0.1) is 0 Å². The first-order valence-electron chi connectivity index (χ1n) is 9.44. The van der Waals surface area contributed by atoms with Crippen molar-refractivity contribution in [2.75, 3.05) is 53.7 Å². The first-order chi connectivity index (χ1) is 12.7. The highest BCUT2D eigenvalue weighted by molar-refractivity contribution is 5.79. The maximum Gasteiger partial charge on any atom is 0.191 e. The third kappa shape index (κ3) is 9.63. The Morgan fingerprint density at radius 1 is 1.08 bits per heavy atom. The average Bonchev–Trinajstić information content (AvgIpc) is 2.67. The van der Waals surface area contributed by atoms with Gasteiger partial charge in [0.1, 0.15) is 5.75 Å². The lowest BCUT2D eigenvalue weighted by Crippen LogP contribution is -2.38. The van der Waals surface area contributed by atoms with E-state index >= 15 is 0 Å². The third-order valence-corrected chi connectivity index (χ3v) is 4.05. The van der Waals surface area contributed by atoms with Crippen LogP contribution in [-0.2, 0) is 9.47 Å². The highest BCUT2D eigenvalue weighted by Gasteiger charge is 2.06. The lowest BCUT2D eigenvalue weighted by molar-refractivity contribution is 0.0702. The van der Waals surface area contributed by atoms with E-state index in [0.717, 1.165) is 44.2 Å². The molecular weight excluding hydrogens is 330 g/mol. The van der Waals surface area contributed by atoms with Crippen molar-refractivity contribution in [3.8, 4) is 5.75 Å². The minimum atomic E-state index is 0.477. The van der Waals surface area contributed by atoms with Gasteiger partial charge in [0.15, 0.2) is 5.96 Å². The molecule has 0 bridgehead atoms. The summed E-state index contributed by atoms with van der Waals surface area (Å²) in [5.74, 6) is 2.24. The van der Waals surface area contributed by atoms with Gasteiger partial charge < -0.3 is 24.8 Å². The van der Waals surface area contributed by atoms with Gasteiger partial charge in [-0.2, -0.15) is 0 Å². The van der Waals surface area contributed by atoms with Crippen molar-refractivity contribution in [2.45, 2.75) is 32.6 Å². The molecule has 2 N–H and O–H groups in total. The summed E-state index contributed by atoms with van der Waals surface area (Å²) in [7, 11) is 3.37. The fourth-order valence-electron chi connectivity index (χ4n) is 2.45. The van der Waals surface area contributed by atoms with E-state index in [1.807, 2.05) is 12.1 Å². The average molecular weight is 366 g/mol. The number of ether oxygens (including phenoxy) is 3. The summed E-state index contributed by atoms with van der Waals surface area (Å²) in [4.78, 5) is 4.59. The van der Waals surface area contributed by atoms with Crippen LogP contribution in [0.2, 0.25) is 0 Å². The van der Waals surface area contributed by atoms with Crippen LogP contribution < -0.4 is 15.4 Å². The van der Waals surface area contributed by atoms with Gasteiger partial charge >= 0.3 is 0 Å². The molecule has 0 saturated carbocycles. The molecule has 1 rings (SSSR count). The molecule has 26 heavy (non-hydrogen) atoms. The van der Waals surface area contributed by atoms with Crippen LogP contribution in [0.3, 0.4) is 0 Å². The fourth-order valence-corrected chi connectivity index (χ4v) is 2.45. The lowest BCUT2D eigenvalue weighted by atomic mass is 9.98. The maximum atomic E-state index is 5.45. The largest absolute Gasteiger partial charge is 0.497 e. The van der Waals surface area contributed by atoms with Crippen LogP contribution >= 0.6 is 0 Å². The van der Waals surface area contributed by atoms with E-state index in [0.29, 0.717) is 25.7 Å². The Hall–Kier alpha value is -1.79. The van der Waals surface area contributed by atoms with Gasteiger partial charge in [0, 0.05) is 33.4 Å². The molecule has 6 heteroatoms. The quantitative estimate of drug-likeness (QED) is 0.320. The second kappa shape index (κ2) is 14.4. The molecule has 0 amide bonds. The first-order valence-corrected chi connectivity index (χ1v) is 9.44. The Labute approximate surface area is 158 Å². The number of rotatable bonds is 13. The molecule has 1 atom stereocenters. The Morgan fingerprint density at radius 3 is 2.50 bits per heavy atom. The van der Waals surface area contributed by atoms with Crippen molar-refractivity contribution in [1.82, 2.24) is 10.6 Å². The van der Waals surface area contributed by atoms with Gasteiger partial charge in [-0.25, -0.2) is 0 Å². The number of hydrogen-bond donors (Lipinski definition) is 2. The molecule has 148 valence electrons. The summed E-state index contributed by atoms with van der Waals surface area (Å²) in [5, 5.41) is 6.69. The number of methoxy groups -OCH3 is 2. The van der Waals surface area contributed by atoms with Crippen LogP contribution in [0.15, 0.2) is 29.3 Å². The van der Waals surface area contributed by atoms with E-state index in [1.165, 1.54) is 5.56 Å². The summed E-state index contributed by atoms with van der Waals surface area (Å²) >= 11 is 0. The van der Waals surface area contributed by atoms with Gasteiger partial charge in [-0.05, 0) is 43.4 Å². The van der Waals surface area contributed by atoms with Crippen LogP contribution in [0.1, 0.15) is 38.2 Å². The van der Waals surface area contributed by atoms with Gasteiger partial charge in [-0.1, -0.05) is 19.1 Å². The zero-order chi connectivity index (χ0) is 19.0. The normalized spacial score (nSPS) is 12.7. The Balaban J connectivity index is 2.29. The molecule has 1 aromatic rings. The molecule has 0 saturated heterocycles. The fraction of sp³-hybridized carbons (Fsp3) is 0.650. The third-order valence-electron chi connectivity index (χ3n) is 4.05. The molecule has 0 aliphatic heterocycles. The van der Waals surface area contributed by atoms with Crippen molar-refractivity contribution < 1.29 is 14.2 Å². The van der Waals surface area contributed by atoms with E-state index in [4.69, 9.17) is 14.2 Å². The molecule has 1 aromatic carbocycles. The molecule has 6 nitrogen and oxygen atoms in total. The van der Waals surface area contributed by atoms with Crippen LogP contribution in [0.25, 0.3) is 0 Å². The van der Waals surface area contributed by atoms with Crippen molar-refractivity contribution >= 4 is 5.96 Å². The second-order valence-electron chi connectivity index (χ2n) is 6.11. The zero-order valence-electron chi connectivity index (χ0n) is 16.7. The molecule has 0 aromatic heterocycles. The Kier molecular flexibility index (Phi) is 12.3. The number of nitrogens with zero attached hydrogens (tertiary/aromatic N) is 1. The lowest BCUT2D eigenvalue weighted by Gasteiger charge is -2.15. The van der Waals surface area contributed by atoms with E-state index in [2.05, 4.69) is 41.6 Å². The molecule has 0 heterocycles. The molecule has 0 spiro atoms. The maximum absolute atomic E-state index is 5.45. The first kappa shape index (κ1) is 22.3. The topological polar surface area (TPSA) is 64.1 Å². The van der Waals surface area contributed by atoms with Gasteiger partial charge in [0.05, 0.1) is 20.3 Å². The predicted molar refractivity (Wildman–Crippen MR) is 107 cm³/mol. The minimum absolute atomic E-state index is 0.477. The van der Waals surface area contributed by atoms with E-state index < -0.39 is 0 Å². The second-order valence-corrected chi connectivity index (χ2v) is 6.11. The molecule has 1 unspecified atom stereocenters. The van der Waals surface area contributed by atoms with Crippen LogP contribution in [0.4, 0.5) is 0 Å². The highest BCUT2D eigenvalue weighted by atomic mass is 16.5. The van der Waals surface area contributed by atoms with Crippen molar-refractivity contribution in [1.29, 1.82) is 0 Å². The Morgan fingerprint density at radius 2 is 1.85 bits per heavy atom. The van der Waals surface area contributed by atoms with E-state index in [9.17, 15) is 0 Å². The van der Waals surface area contributed by atoms with Crippen molar-refractivity contribution in [3.05, 3.63) is 29.8 Å². The monoisotopic (exact) mass is 365 g/mol. The number of benzene rings is 1. The van der Waals surface area contributed by atoms with Crippen molar-refractivity contribution in [3.63, 3.8) is 0 Å². The molecule has 0 aliphatic carbocycles. The van der Waals surface area contributed by atoms with Crippen LogP contribution in [0.5, 0.6) is 5.75 Å². The summed E-state index contributed by atoms with van der Waals surface area (Å²) < 4.78 is 15.6. The zero-order valence-corrected chi connectivity index (χ0v) is 16.7. The van der Waals surface area contributed by atoms with Crippen LogP contribution in [0, 0.1) is 0 Å². The van der Waals surface area contributed by atoms with E-state index in [1.54, 1.807) is 14.2 Å². The van der Waals surface area contributed by atoms with E-state index in [-0.39, 0.29) is 0 Å². The SMILES string of the molecule is CCNC(=NCCCOCCOC)NCCC(C)c1ccc(OC)cc1. The minimum Gasteiger partial charge on any atom is -0.497 e. The predicted octanol–water partition coefficient (Wildman–Crippen LogP) is 2.80. The number of guanidine groups is 1. The molecule has 0 radical (unpaired) electrons. The molecule has 0 aliphatic rings. The highest BCUT2D eigenvalue weighted by Crippen LogP contribution is 2.21. The molecular formula is C20H35N3O3. The number of hydrogen-bond acceptors (Lipinski definition) is 4. The van der Waals surface area contributed by atoms with Crippen LogP contribution in [-0.4, -0.2) is 59.6 Å². The smallest absolute Gasteiger partial charge is 0.191 e. The number of aliphatic imine (C=N–C) groups is 1. The Bertz CT molecular complexity index is 492. The van der Waals surface area contributed by atoms with Gasteiger partial charge in [0.25, 0.3) is 0 Å². The standard InChI is InChI=1S/C20H35N3O3/c1-5-21-20(22-12-6-14-26-16-15-24-3)23-13-11-17(2)18-7-9-19(25-4)10-8-18/h7-10,17H,5-6,11-16H2,1-4H3,(H2,21,22,23). The van der Waals surface area contributed by atoms with Gasteiger partial charge in [-0.3, -0.25) is 4.99 Å². The van der Waals surface area contributed by atoms with Crippen molar-refractivity contribution in [2.24, 2.45) is 4.99 Å². The summed E-state index contributed by atoms with van der Waals surface area (Å²) in [5.41, 5.74) is 1.32. The molecule has 0 fully saturated rings. The summed E-state index contributed by atoms with van der Waals surface area (Å²) in [6, 6.07) is 8.29.